The van der Waals surface area contributed by atoms with Crippen LogP contribution in [0.1, 0.15) is 6.92 Å². The van der Waals surface area contributed by atoms with Crippen molar-refractivity contribution >= 4 is 23.4 Å². The van der Waals surface area contributed by atoms with Crippen LogP contribution in [0.4, 0.5) is 5.69 Å². The number of amides is 3. The van der Waals surface area contributed by atoms with Crippen LogP contribution in [0.3, 0.4) is 0 Å². The summed E-state index contributed by atoms with van der Waals surface area (Å²) < 4.78 is 0. The molecule has 0 bridgehead atoms. The van der Waals surface area contributed by atoms with Crippen LogP contribution >= 0.6 is 0 Å². The van der Waals surface area contributed by atoms with E-state index in [9.17, 15) is 19.5 Å². The van der Waals surface area contributed by atoms with Gasteiger partial charge in [0.05, 0.1) is 0 Å². The van der Waals surface area contributed by atoms with Crippen molar-refractivity contribution in [2.75, 3.05) is 38.1 Å². The van der Waals surface area contributed by atoms with Gasteiger partial charge in [0, 0.05) is 45.8 Å². The topological polar surface area (TPSA) is 81.2 Å². The third kappa shape index (κ3) is 3.36. The molecule has 1 N–H and O–H groups in total. The predicted molar refractivity (Wildman–Crippen MR) is 80.4 cm³/mol. The van der Waals surface area contributed by atoms with Gasteiger partial charge in [-0.05, 0) is 24.3 Å². The highest BCUT2D eigenvalue weighted by atomic mass is 16.3. The summed E-state index contributed by atoms with van der Waals surface area (Å²) in [5, 5.41) is 9.25. The third-order valence-corrected chi connectivity index (χ3v) is 3.74. The van der Waals surface area contributed by atoms with Gasteiger partial charge in [0.1, 0.15) is 5.75 Å². The molecule has 0 atom stereocenters. The molecule has 118 valence electrons. The summed E-state index contributed by atoms with van der Waals surface area (Å²) in [4.78, 5) is 40.1. The lowest BCUT2D eigenvalue weighted by atomic mass is 10.2. The summed E-state index contributed by atoms with van der Waals surface area (Å²) in [6.07, 6.45) is 0. The zero-order valence-electron chi connectivity index (χ0n) is 12.7. The summed E-state index contributed by atoms with van der Waals surface area (Å²) >= 11 is 0. The Labute approximate surface area is 128 Å². The summed E-state index contributed by atoms with van der Waals surface area (Å²) in [5.74, 6) is -1.16. The van der Waals surface area contributed by atoms with E-state index in [0.29, 0.717) is 31.9 Å². The molecule has 0 aromatic heterocycles. The number of carbonyl (C=O) groups is 3. The molecule has 1 heterocycles. The number of anilines is 1. The summed E-state index contributed by atoms with van der Waals surface area (Å²) in [6, 6.07) is 6.03. The quantitative estimate of drug-likeness (QED) is 0.743. The van der Waals surface area contributed by atoms with Crippen LogP contribution in [0.15, 0.2) is 24.3 Å². The van der Waals surface area contributed by atoms with Gasteiger partial charge < -0.3 is 19.8 Å². The molecule has 3 amide bonds. The molecule has 0 saturated carbocycles. The van der Waals surface area contributed by atoms with Crippen LogP contribution in [-0.2, 0) is 14.4 Å². The smallest absolute Gasteiger partial charge is 0.316 e. The fraction of sp³-hybridized carbons (Fsp3) is 0.400. The average Bonchev–Trinajstić information content (AvgIpc) is 2.53. The number of carbonyl (C=O) groups excluding carboxylic acids is 3. The van der Waals surface area contributed by atoms with Gasteiger partial charge in [0.25, 0.3) is 0 Å². The fourth-order valence-corrected chi connectivity index (χ4v) is 2.30. The Kier molecular flexibility index (Phi) is 4.65. The predicted octanol–water partition coefficient (Wildman–Crippen LogP) is 0.0457. The second kappa shape index (κ2) is 6.46. The molecule has 1 fully saturated rings. The molecule has 2 rings (SSSR count). The van der Waals surface area contributed by atoms with E-state index >= 15 is 0 Å². The third-order valence-electron chi connectivity index (χ3n) is 3.74. The fourth-order valence-electron chi connectivity index (χ4n) is 2.30. The van der Waals surface area contributed by atoms with Crippen LogP contribution in [-0.4, -0.2) is 65.9 Å². The highest BCUT2D eigenvalue weighted by Crippen LogP contribution is 2.17. The highest BCUT2D eigenvalue weighted by Gasteiger charge is 2.29. The molecule has 1 aliphatic heterocycles. The first-order valence-corrected chi connectivity index (χ1v) is 7.01. The van der Waals surface area contributed by atoms with Crippen LogP contribution in [0.25, 0.3) is 0 Å². The number of nitrogens with zero attached hydrogens (tertiary/aromatic N) is 3. The average molecular weight is 305 g/mol. The Hall–Kier alpha value is -2.57. The minimum atomic E-state index is -0.637. The number of hydrogen-bond acceptors (Lipinski definition) is 4. The molecule has 22 heavy (non-hydrogen) atoms. The van der Waals surface area contributed by atoms with Crippen molar-refractivity contribution in [1.82, 2.24) is 9.80 Å². The van der Waals surface area contributed by atoms with E-state index in [1.165, 1.54) is 35.9 Å². The monoisotopic (exact) mass is 305 g/mol. The highest BCUT2D eigenvalue weighted by molar-refractivity contribution is 6.40. The second-order valence-electron chi connectivity index (χ2n) is 5.18. The lowest BCUT2D eigenvalue weighted by molar-refractivity contribution is -0.146. The number of hydrogen-bond donors (Lipinski definition) is 1. The molecule has 1 aliphatic rings. The molecule has 0 radical (unpaired) electrons. The first-order valence-electron chi connectivity index (χ1n) is 7.01. The maximum absolute atomic E-state index is 12.2. The summed E-state index contributed by atoms with van der Waals surface area (Å²) in [5.41, 5.74) is 0.526. The van der Waals surface area contributed by atoms with Crippen molar-refractivity contribution in [3.8, 4) is 5.75 Å². The molecular weight excluding hydrogens is 286 g/mol. The lowest BCUT2D eigenvalue weighted by Gasteiger charge is -2.34. The first kappa shape index (κ1) is 15.8. The van der Waals surface area contributed by atoms with Gasteiger partial charge in [0.15, 0.2) is 0 Å². The normalized spacial score (nSPS) is 14.6. The largest absolute Gasteiger partial charge is 0.508 e. The van der Waals surface area contributed by atoms with E-state index in [-0.39, 0.29) is 11.7 Å². The Morgan fingerprint density at radius 2 is 1.50 bits per heavy atom. The maximum Gasteiger partial charge on any atom is 0.316 e. The Morgan fingerprint density at radius 1 is 1.00 bits per heavy atom. The molecule has 1 aromatic rings. The molecule has 0 spiro atoms. The molecule has 7 nitrogen and oxygen atoms in total. The molecule has 1 aromatic carbocycles. The zero-order chi connectivity index (χ0) is 16.3. The molecule has 0 unspecified atom stereocenters. The number of phenols is 1. The van der Waals surface area contributed by atoms with Crippen molar-refractivity contribution in [3.63, 3.8) is 0 Å². The van der Waals surface area contributed by atoms with Gasteiger partial charge in [-0.2, -0.15) is 0 Å². The van der Waals surface area contributed by atoms with Crippen molar-refractivity contribution in [2.24, 2.45) is 0 Å². The van der Waals surface area contributed by atoms with E-state index in [2.05, 4.69) is 0 Å². The number of benzene rings is 1. The van der Waals surface area contributed by atoms with Gasteiger partial charge in [-0.15, -0.1) is 0 Å². The number of aromatic hydroxyl groups is 1. The number of phenolic OH excluding ortho intramolecular Hbond substituents is 1. The van der Waals surface area contributed by atoms with Crippen LogP contribution in [0, 0.1) is 0 Å². The van der Waals surface area contributed by atoms with Crippen LogP contribution in [0.2, 0.25) is 0 Å². The molecule has 1 saturated heterocycles. The number of piperazine rings is 1. The Morgan fingerprint density at radius 3 is 2.00 bits per heavy atom. The molecule has 7 heteroatoms. The summed E-state index contributed by atoms with van der Waals surface area (Å²) in [6.45, 7) is 3.08. The van der Waals surface area contributed by atoms with Crippen LogP contribution in [0.5, 0.6) is 5.75 Å². The number of likely N-dealkylation sites (N-methyl/N-ethyl adjacent to an activating group) is 1. The minimum absolute atomic E-state index is 0.0281. The van der Waals surface area contributed by atoms with Crippen LogP contribution < -0.4 is 4.90 Å². The van der Waals surface area contributed by atoms with Crippen molar-refractivity contribution in [2.45, 2.75) is 6.92 Å². The van der Waals surface area contributed by atoms with Crippen molar-refractivity contribution in [1.29, 1.82) is 0 Å². The molecule has 0 aliphatic carbocycles. The summed E-state index contributed by atoms with van der Waals surface area (Å²) in [7, 11) is 1.51. The van der Waals surface area contributed by atoms with Crippen molar-refractivity contribution < 1.29 is 19.5 Å². The first-order chi connectivity index (χ1) is 10.4. The van der Waals surface area contributed by atoms with Gasteiger partial charge in [0.2, 0.25) is 5.91 Å². The van der Waals surface area contributed by atoms with Gasteiger partial charge in [-0.25, -0.2) is 0 Å². The number of rotatable bonds is 1. The second-order valence-corrected chi connectivity index (χ2v) is 5.18. The zero-order valence-corrected chi connectivity index (χ0v) is 12.7. The van der Waals surface area contributed by atoms with E-state index in [1.807, 2.05) is 0 Å². The standard InChI is InChI=1S/C15H19N3O4/c1-11(19)17-7-9-18(10-8-17)15(22)14(21)16(2)12-3-5-13(20)6-4-12/h3-6,20H,7-10H2,1-2H3. The van der Waals surface area contributed by atoms with Gasteiger partial charge in [-0.3, -0.25) is 14.4 Å². The van der Waals surface area contributed by atoms with Gasteiger partial charge >= 0.3 is 11.8 Å². The Balaban J connectivity index is 1.99. The lowest BCUT2D eigenvalue weighted by Crippen LogP contribution is -2.53. The van der Waals surface area contributed by atoms with Gasteiger partial charge in [-0.1, -0.05) is 0 Å². The SMILES string of the molecule is CC(=O)N1CCN(C(=O)C(=O)N(C)c2ccc(O)cc2)CC1. The van der Waals surface area contributed by atoms with E-state index in [0.717, 1.165) is 0 Å². The maximum atomic E-state index is 12.2. The van der Waals surface area contributed by atoms with E-state index < -0.39 is 11.8 Å². The van der Waals surface area contributed by atoms with E-state index in [1.54, 1.807) is 17.0 Å². The van der Waals surface area contributed by atoms with E-state index in [4.69, 9.17) is 0 Å². The van der Waals surface area contributed by atoms with Crippen molar-refractivity contribution in [3.05, 3.63) is 24.3 Å². The molecular formula is C15H19N3O4. The minimum Gasteiger partial charge on any atom is -0.508 e. The Bertz CT molecular complexity index is 577.